The van der Waals surface area contributed by atoms with Gasteiger partial charge >= 0.3 is 0 Å². The minimum absolute atomic E-state index is 0.0354. The molecule has 2 aromatic carbocycles. The summed E-state index contributed by atoms with van der Waals surface area (Å²) < 4.78 is 7.43. The average molecular weight is 435 g/mol. The van der Waals surface area contributed by atoms with Gasteiger partial charge in [-0.2, -0.15) is 5.26 Å². The van der Waals surface area contributed by atoms with Gasteiger partial charge in [-0.15, -0.1) is 0 Å². The molecule has 1 aromatic heterocycles. The largest absolute Gasteiger partial charge is 0.490 e. The smallest absolute Gasteiger partial charge is 0.263 e. The monoisotopic (exact) mass is 434 g/mol. The molecule has 1 saturated carbocycles. The molecule has 0 saturated heterocycles. The number of nitrogens with one attached hydrogen (secondary N) is 1. The van der Waals surface area contributed by atoms with Gasteiger partial charge in [0.1, 0.15) is 17.9 Å². The highest BCUT2D eigenvalue weighted by Crippen LogP contribution is 2.46. The van der Waals surface area contributed by atoms with Crippen LogP contribution in [0.4, 0.5) is 0 Å². The van der Waals surface area contributed by atoms with E-state index in [1.807, 2.05) is 18.2 Å². The van der Waals surface area contributed by atoms with Gasteiger partial charge in [0.25, 0.3) is 11.5 Å². The minimum atomic E-state index is -0.449. The van der Waals surface area contributed by atoms with Gasteiger partial charge in [-0.25, -0.2) is 0 Å². The third kappa shape index (κ3) is 4.29. The zero-order valence-electron chi connectivity index (χ0n) is 17.1. The summed E-state index contributed by atoms with van der Waals surface area (Å²) in [5.41, 5.74) is 1.71. The quantitative estimate of drug-likeness (QED) is 0.553. The molecular weight excluding hydrogens is 412 g/mol. The summed E-state index contributed by atoms with van der Waals surface area (Å²) in [6.07, 6.45) is 2.03. The normalized spacial score (nSPS) is 14.1. The zero-order valence-corrected chi connectivity index (χ0v) is 17.9. The van der Waals surface area contributed by atoms with E-state index in [2.05, 4.69) is 11.4 Å². The molecule has 1 fully saturated rings. The number of benzene rings is 2. The number of fused-ring (bicyclic) bond motifs is 1. The van der Waals surface area contributed by atoms with Gasteiger partial charge in [0, 0.05) is 19.0 Å². The number of para-hydroxylation sites is 1. The average Bonchev–Trinajstić information content (AvgIpc) is 3.59. The molecule has 0 radical (unpaired) electrons. The molecule has 1 aliphatic rings. The van der Waals surface area contributed by atoms with Crippen molar-refractivity contribution in [3.05, 3.63) is 75.6 Å². The van der Waals surface area contributed by atoms with Crippen molar-refractivity contribution in [2.24, 2.45) is 12.2 Å². The van der Waals surface area contributed by atoms with E-state index < -0.39 is 11.5 Å². The molecular formula is C23H22N4O3S. The van der Waals surface area contributed by atoms with Crippen molar-refractivity contribution < 1.29 is 9.53 Å². The first-order chi connectivity index (χ1) is 15.0. The first kappa shape index (κ1) is 21.0. The third-order valence-corrected chi connectivity index (χ3v) is 6.56. The SMILES string of the molecule is Cn1c(=O)c(C(=O)NCc2ccc(C#N)cc2)cc2cccc(OCC3(SN)CC3)c21. The lowest BCUT2D eigenvalue weighted by molar-refractivity contribution is 0.0949. The van der Waals surface area contributed by atoms with Gasteiger partial charge in [0.2, 0.25) is 0 Å². The number of carbonyl (C=O) groups excluding carboxylic acids is 1. The number of nitrogens with two attached hydrogens (primary N) is 1. The van der Waals surface area contributed by atoms with Crippen molar-refractivity contribution in [1.29, 1.82) is 5.26 Å². The highest BCUT2D eigenvalue weighted by molar-refractivity contribution is 7.98. The van der Waals surface area contributed by atoms with Crippen molar-refractivity contribution in [2.45, 2.75) is 24.1 Å². The second-order valence-corrected chi connectivity index (χ2v) is 8.80. The van der Waals surface area contributed by atoms with E-state index in [-0.39, 0.29) is 16.9 Å². The summed E-state index contributed by atoms with van der Waals surface area (Å²) in [6.45, 7) is 0.738. The molecule has 7 nitrogen and oxygen atoms in total. The molecule has 0 atom stereocenters. The summed E-state index contributed by atoms with van der Waals surface area (Å²) in [6, 6.07) is 16.1. The van der Waals surface area contributed by atoms with E-state index in [0.717, 1.165) is 23.8 Å². The Morgan fingerprint density at radius 2 is 2.03 bits per heavy atom. The van der Waals surface area contributed by atoms with Crippen molar-refractivity contribution in [3.63, 3.8) is 0 Å². The van der Waals surface area contributed by atoms with Crippen LogP contribution in [0.3, 0.4) is 0 Å². The first-order valence-electron chi connectivity index (χ1n) is 9.87. The fourth-order valence-corrected chi connectivity index (χ4v) is 3.88. The number of amides is 1. The lowest BCUT2D eigenvalue weighted by atomic mass is 10.1. The summed E-state index contributed by atoms with van der Waals surface area (Å²) >= 11 is 1.32. The Bertz CT molecular complexity index is 1240. The molecule has 0 unspecified atom stereocenters. The molecule has 8 heteroatoms. The fourth-order valence-electron chi connectivity index (χ4n) is 3.41. The first-order valence-corrected chi connectivity index (χ1v) is 10.7. The molecule has 3 aromatic rings. The van der Waals surface area contributed by atoms with Crippen LogP contribution < -0.4 is 20.8 Å². The molecule has 0 bridgehead atoms. The number of hydrogen-bond acceptors (Lipinski definition) is 6. The van der Waals surface area contributed by atoms with Crippen LogP contribution in [0.25, 0.3) is 10.9 Å². The summed E-state index contributed by atoms with van der Waals surface area (Å²) in [7, 11) is 1.64. The maximum Gasteiger partial charge on any atom is 0.263 e. The standard InChI is InChI=1S/C23H22N4O3S/c1-27-20-17(3-2-4-19(20)30-14-23(31-25)9-10-23)11-18(22(27)29)21(28)26-13-16-7-5-15(12-24)6-8-16/h2-8,11H,9-10,13-14,25H2,1H3,(H,26,28). The Labute approximate surface area is 183 Å². The summed E-state index contributed by atoms with van der Waals surface area (Å²) in [5.74, 6) is 0.150. The van der Waals surface area contributed by atoms with Gasteiger partial charge in [-0.1, -0.05) is 36.2 Å². The van der Waals surface area contributed by atoms with Crippen molar-refractivity contribution in [2.75, 3.05) is 6.61 Å². The van der Waals surface area contributed by atoms with E-state index in [1.165, 1.54) is 16.5 Å². The van der Waals surface area contributed by atoms with Gasteiger partial charge in [-0.3, -0.25) is 14.7 Å². The Morgan fingerprint density at radius 3 is 2.68 bits per heavy atom. The molecule has 4 rings (SSSR count). The Kier molecular flexibility index (Phi) is 5.72. The molecule has 1 aliphatic carbocycles. The molecule has 158 valence electrons. The highest BCUT2D eigenvalue weighted by atomic mass is 32.2. The van der Waals surface area contributed by atoms with Crippen LogP contribution in [0.1, 0.15) is 34.3 Å². The van der Waals surface area contributed by atoms with Gasteiger partial charge in [0.05, 0.1) is 21.9 Å². The van der Waals surface area contributed by atoms with Gasteiger partial charge in [0.15, 0.2) is 0 Å². The predicted molar refractivity (Wildman–Crippen MR) is 121 cm³/mol. The van der Waals surface area contributed by atoms with Crippen LogP contribution in [-0.4, -0.2) is 21.8 Å². The number of carbonyl (C=O) groups is 1. The molecule has 1 amide bonds. The van der Waals surface area contributed by atoms with E-state index in [1.54, 1.807) is 37.4 Å². The van der Waals surface area contributed by atoms with Gasteiger partial charge < -0.3 is 14.6 Å². The zero-order chi connectivity index (χ0) is 22.0. The fraction of sp³-hybridized carbons (Fsp3) is 0.261. The lowest BCUT2D eigenvalue weighted by Crippen LogP contribution is -2.32. The van der Waals surface area contributed by atoms with Crippen LogP contribution in [0.2, 0.25) is 0 Å². The maximum atomic E-state index is 12.9. The Balaban J connectivity index is 1.57. The molecule has 31 heavy (non-hydrogen) atoms. The topological polar surface area (TPSA) is 110 Å². The third-order valence-electron chi connectivity index (χ3n) is 5.53. The summed E-state index contributed by atoms with van der Waals surface area (Å²) in [5, 5.41) is 18.2. The maximum absolute atomic E-state index is 12.9. The lowest BCUT2D eigenvalue weighted by Gasteiger charge is -2.17. The summed E-state index contributed by atoms with van der Waals surface area (Å²) in [4.78, 5) is 25.6. The number of nitriles is 1. The second-order valence-electron chi connectivity index (χ2n) is 7.70. The number of rotatable bonds is 7. The molecule has 0 spiro atoms. The minimum Gasteiger partial charge on any atom is -0.490 e. The van der Waals surface area contributed by atoms with Gasteiger partial charge in [-0.05, 0) is 42.7 Å². The molecule has 1 heterocycles. The Hall–Kier alpha value is -3.28. The van der Waals surface area contributed by atoms with Crippen LogP contribution in [0.15, 0.2) is 53.3 Å². The van der Waals surface area contributed by atoms with Crippen LogP contribution in [0.5, 0.6) is 5.75 Å². The number of ether oxygens (including phenoxy) is 1. The molecule has 0 aliphatic heterocycles. The Morgan fingerprint density at radius 1 is 1.29 bits per heavy atom. The number of pyridine rings is 1. The number of nitrogens with zero attached hydrogens (tertiary/aromatic N) is 2. The predicted octanol–water partition coefficient (Wildman–Crippen LogP) is 2.86. The molecule has 3 N–H and O–H groups in total. The van der Waals surface area contributed by atoms with Crippen LogP contribution >= 0.6 is 11.9 Å². The van der Waals surface area contributed by atoms with Crippen molar-refractivity contribution >= 4 is 28.8 Å². The van der Waals surface area contributed by atoms with E-state index in [0.29, 0.717) is 23.4 Å². The highest BCUT2D eigenvalue weighted by Gasteiger charge is 2.43. The van der Waals surface area contributed by atoms with E-state index >= 15 is 0 Å². The van der Waals surface area contributed by atoms with E-state index in [4.69, 9.17) is 15.1 Å². The van der Waals surface area contributed by atoms with Crippen LogP contribution in [-0.2, 0) is 13.6 Å². The van der Waals surface area contributed by atoms with E-state index in [9.17, 15) is 9.59 Å². The van der Waals surface area contributed by atoms with Crippen molar-refractivity contribution in [1.82, 2.24) is 9.88 Å². The van der Waals surface area contributed by atoms with Crippen LogP contribution in [0, 0.1) is 11.3 Å². The van der Waals surface area contributed by atoms with Crippen molar-refractivity contribution in [3.8, 4) is 11.8 Å². The number of aromatic nitrogens is 1. The number of aryl methyl sites for hydroxylation is 1. The number of hydrogen-bond donors (Lipinski definition) is 2. The second kappa shape index (κ2) is 8.46.